The number of rotatable bonds is 7. The van der Waals surface area contributed by atoms with E-state index in [2.05, 4.69) is 36.1 Å². The maximum atomic E-state index is 12.6. The van der Waals surface area contributed by atoms with Gasteiger partial charge in [-0.2, -0.15) is 0 Å². The molecule has 0 aliphatic carbocycles. The Morgan fingerprint density at radius 2 is 1.67 bits per heavy atom. The fourth-order valence-corrected chi connectivity index (χ4v) is 3.70. The van der Waals surface area contributed by atoms with Crippen LogP contribution in [-0.4, -0.2) is 55.5 Å². The minimum Gasteiger partial charge on any atom is -0.496 e. The topological polar surface area (TPSA) is 32.8 Å². The molecule has 1 aliphatic rings. The summed E-state index contributed by atoms with van der Waals surface area (Å²) in [5.41, 5.74) is 2.48. The molecule has 1 amide bonds. The van der Waals surface area contributed by atoms with E-state index in [0.717, 1.165) is 44.9 Å². The Hall–Kier alpha value is -2.33. The van der Waals surface area contributed by atoms with Gasteiger partial charge in [0.15, 0.2) is 0 Å². The molecule has 1 fully saturated rings. The van der Waals surface area contributed by atoms with Gasteiger partial charge in [0, 0.05) is 39.1 Å². The van der Waals surface area contributed by atoms with Crippen molar-refractivity contribution in [2.24, 2.45) is 0 Å². The van der Waals surface area contributed by atoms with E-state index in [1.807, 2.05) is 35.2 Å². The smallest absolute Gasteiger partial charge is 0.223 e. The number of methoxy groups -OCH3 is 1. The first-order chi connectivity index (χ1) is 13.2. The van der Waals surface area contributed by atoms with Gasteiger partial charge in [0.25, 0.3) is 0 Å². The zero-order chi connectivity index (χ0) is 19.1. The fraction of sp³-hybridized carbons (Fsp3) is 0.435. The minimum absolute atomic E-state index is 0.266. The van der Waals surface area contributed by atoms with E-state index in [9.17, 15) is 4.79 Å². The van der Waals surface area contributed by atoms with Crippen LogP contribution in [-0.2, 0) is 11.2 Å². The van der Waals surface area contributed by atoms with E-state index in [4.69, 9.17) is 4.74 Å². The number of nitrogens with zero attached hydrogens (tertiary/aromatic N) is 2. The van der Waals surface area contributed by atoms with Crippen molar-refractivity contribution in [3.8, 4) is 5.75 Å². The van der Waals surface area contributed by atoms with Crippen LogP contribution in [0.1, 0.15) is 30.4 Å². The van der Waals surface area contributed by atoms with Crippen LogP contribution in [0.15, 0.2) is 54.6 Å². The molecule has 0 N–H and O–H groups in total. The van der Waals surface area contributed by atoms with Gasteiger partial charge in [0.2, 0.25) is 5.91 Å². The Kier molecular flexibility index (Phi) is 6.88. The molecule has 0 spiro atoms. The molecule has 1 atom stereocenters. The largest absolute Gasteiger partial charge is 0.496 e. The summed E-state index contributed by atoms with van der Waals surface area (Å²) < 4.78 is 5.44. The zero-order valence-electron chi connectivity index (χ0n) is 16.4. The van der Waals surface area contributed by atoms with Gasteiger partial charge in [-0.3, -0.25) is 9.69 Å². The molecule has 1 aliphatic heterocycles. The molecular formula is C23H30N2O2. The minimum atomic E-state index is 0.266. The van der Waals surface area contributed by atoms with Crippen LogP contribution in [0, 0.1) is 0 Å². The van der Waals surface area contributed by atoms with Gasteiger partial charge in [0.05, 0.1) is 7.11 Å². The van der Waals surface area contributed by atoms with Gasteiger partial charge in [-0.25, -0.2) is 0 Å². The fourth-order valence-electron chi connectivity index (χ4n) is 3.70. The predicted octanol–water partition coefficient (Wildman–Crippen LogP) is 3.58. The Morgan fingerprint density at radius 1 is 1.00 bits per heavy atom. The molecule has 2 aromatic rings. The third kappa shape index (κ3) is 5.33. The summed E-state index contributed by atoms with van der Waals surface area (Å²) >= 11 is 0. The van der Waals surface area contributed by atoms with Crippen molar-refractivity contribution in [3.05, 3.63) is 65.7 Å². The normalized spacial score (nSPS) is 16.1. The molecule has 1 unspecified atom stereocenters. The molecule has 0 saturated carbocycles. The summed E-state index contributed by atoms with van der Waals surface area (Å²) in [4.78, 5) is 17.1. The molecule has 4 heteroatoms. The molecule has 4 nitrogen and oxygen atoms in total. The highest BCUT2D eigenvalue weighted by atomic mass is 16.5. The van der Waals surface area contributed by atoms with Crippen LogP contribution in [0.3, 0.4) is 0 Å². The number of carbonyl (C=O) groups is 1. The third-order valence-electron chi connectivity index (χ3n) is 5.46. The van der Waals surface area contributed by atoms with Crippen molar-refractivity contribution in [3.63, 3.8) is 0 Å². The monoisotopic (exact) mass is 366 g/mol. The van der Waals surface area contributed by atoms with Crippen LogP contribution < -0.4 is 4.74 Å². The van der Waals surface area contributed by atoms with Crippen molar-refractivity contribution < 1.29 is 9.53 Å². The number of amides is 1. The summed E-state index contributed by atoms with van der Waals surface area (Å²) in [5.74, 6) is 1.50. The average molecular weight is 367 g/mol. The lowest BCUT2D eigenvalue weighted by atomic mass is 9.97. The van der Waals surface area contributed by atoms with Crippen molar-refractivity contribution in [2.45, 2.75) is 25.7 Å². The first kappa shape index (κ1) is 19.4. The summed E-state index contributed by atoms with van der Waals surface area (Å²) in [5, 5.41) is 0. The summed E-state index contributed by atoms with van der Waals surface area (Å²) in [6.45, 7) is 6.68. The number of ether oxygens (including phenoxy) is 1. The van der Waals surface area contributed by atoms with Crippen LogP contribution >= 0.6 is 0 Å². The molecule has 1 saturated heterocycles. The van der Waals surface area contributed by atoms with Crippen molar-refractivity contribution in [2.75, 3.05) is 39.8 Å². The zero-order valence-corrected chi connectivity index (χ0v) is 16.4. The first-order valence-electron chi connectivity index (χ1n) is 9.84. The molecule has 1 heterocycles. The predicted molar refractivity (Wildman–Crippen MR) is 109 cm³/mol. The van der Waals surface area contributed by atoms with Crippen molar-refractivity contribution in [1.29, 1.82) is 0 Å². The maximum Gasteiger partial charge on any atom is 0.223 e. The lowest BCUT2D eigenvalue weighted by Gasteiger charge is -2.35. The standard InChI is InChI=1S/C23H30N2O2/c1-19(20-8-4-3-5-9-20)18-23(26)25-16-14-24(15-17-25)13-12-21-10-6-7-11-22(21)27-2/h3-11,19H,12-18H2,1-2H3. The summed E-state index contributed by atoms with van der Waals surface area (Å²) in [7, 11) is 1.72. The SMILES string of the molecule is COc1ccccc1CCN1CCN(C(=O)CC(C)c2ccccc2)CC1. The molecule has 0 aromatic heterocycles. The highest BCUT2D eigenvalue weighted by molar-refractivity contribution is 5.77. The highest BCUT2D eigenvalue weighted by Gasteiger charge is 2.22. The average Bonchev–Trinajstić information content (AvgIpc) is 2.73. The van der Waals surface area contributed by atoms with Crippen LogP contribution in [0.5, 0.6) is 5.75 Å². The number of carbonyl (C=O) groups excluding carboxylic acids is 1. The van der Waals surface area contributed by atoms with E-state index in [1.165, 1.54) is 11.1 Å². The Morgan fingerprint density at radius 3 is 2.37 bits per heavy atom. The summed E-state index contributed by atoms with van der Waals surface area (Å²) in [6.07, 6.45) is 1.56. The van der Waals surface area contributed by atoms with Gasteiger partial charge >= 0.3 is 0 Å². The van der Waals surface area contributed by atoms with E-state index in [-0.39, 0.29) is 11.8 Å². The van der Waals surface area contributed by atoms with Gasteiger partial charge in [0.1, 0.15) is 5.75 Å². The lowest BCUT2D eigenvalue weighted by molar-refractivity contribution is -0.133. The number of hydrogen-bond donors (Lipinski definition) is 0. The number of benzene rings is 2. The van der Waals surface area contributed by atoms with E-state index >= 15 is 0 Å². The summed E-state index contributed by atoms with van der Waals surface area (Å²) in [6, 6.07) is 18.5. The number of para-hydroxylation sites is 1. The molecule has 0 bridgehead atoms. The molecule has 27 heavy (non-hydrogen) atoms. The van der Waals surface area contributed by atoms with E-state index < -0.39 is 0 Å². The molecule has 2 aromatic carbocycles. The van der Waals surface area contributed by atoms with Crippen LogP contribution in [0.25, 0.3) is 0 Å². The van der Waals surface area contributed by atoms with E-state index in [0.29, 0.717) is 6.42 Å². The van der Waals surface area contributed by atoms with Gasteiger partial charge in [-0.15, -0.1) is 0 Å². The lowest BCUT2D eigenvalue weighted by Crippen LogP contribution is -2.49. The maximum absolute atomic E-state index is 12.6. The first-order valence-corrected chi connectivity index (χ1v) is 9.84. The van der Waals surface area contributed by atoms with E-state index in [1.54, 1.807) is 7.11 Å². The number of hydrogen-bond acceptors (Lipinski definition) is 3. The quantitative estimate of drug-likeness (QED) is 0.751. The Bertz CT molecular complexity index is 724. The van der Waals surface area contributed by atoms with Crippen molar-refractivity contribution in [1.82, 2.24) is 9.80 Å². The Labute approximate surface area is 162 Å². The second kappa shape index (κ2) is 9.56. The Balaban J connectivity index is 1.44. The highest BCUT2D eigenvalue weighted by Crippen LogP contribution is 2.21. The second-order valence-corrected chi connectivity index (χ2v) is 7.30. The van der Waals surface area contributed by atoms with Crippen LogP contribution in [0.4, 0.5) is 0 Å². The van der Waals surface area contributed by atoms with Crippen molar-refractivity contribution >= 4 is 5.91 Å². The second-order valence-electron chi connectivity index (χ2n) is 7.30. The molecule has 0 radical (unpaired) electrons. The van der Waals surface area contributed by atoms with Crippen LogP contribution in [0.2, 0.25) is 0 Å². The molecule has 3 rings (SSSR count). The van der Waals surface area contributed by atoms with Gasteiger partial charge in [-0.05, 0) is 29.5 Å². The number of piperazine rings is 1. The molecule has 144 valence electrons. The third-order valence-corrected chi connectivity index (χ3v) is 5.46. The van der Waals surface area contributed by atoms with Gasteiger partial charge in [-0.1, -0.05) is 55.5 Å². The van der Waals surface area contributed by atoms with Gasteiger partial charge < -0.3 is 9.64 Å². The molecular weight excluding hydrogens is 336 g/mol.